The largest absolute Gasteiger partial charge is 0.493 e. The number of hydrogen-bond acceptors (Lipinski definition) is 5. The Bertz CT molecular complexity index is 1010. The molecule has 0 saturated carbocycles. The Morgan fingerprint density at radius 2 is 2.03 bits per heavy atom. The summed E-state index contributed by atoms with van der Waals surface area (Å²) in [5.74, 6) is 0.850. The lowest BCUT2D eigenvalue weighted by Crippen LogP contribution is -2.31. The van der Waals surface area contributed by atoms with Gasteiger partial charge in [0, 0.05) is 12.1 Å². The molecule has 0 aromatic heterocycles. The molecule has 0 atom stereocenters. The highest BCUT2D eigenvalue weighted by Gasteiger charge is 2.32. The summed E-state index contributed by atoms with van der Waals surface area (Å²) >= 11 is 10.1. The van der Waals surface area contributed by atoms with Crippen molar-refractivity contribution in [1.82, 2.24) is 4.90 Å². The average Bonchev–Trinajstić information content (AvgIpc) is 2.95. The number of halogens is 2. The van der Waals surface area contributed by atoms with E-state index < -0.39 is 0 Å². The van der Waals surface area contributed by atoms with Gasteiger partial charge in [-0.1, -0.05) is 56.0 Å². The van der Waals surface area contributed by atoms with Gasteiger partial charge in [0.15, 0.2) is 11.5 Å². The Morgan fingerprint density at radius 3 is 2.70 bits per heavy atom. The van der Waals surface area contributed by atoms with E-state index >= 15 is 0 Å². The number of carbonyl (C=O) groups is 1. The number of hydrogen-bond donors (Lipinski definition) is 0. The highest BCUT2D eigenvalue weighted by molar-refractivity contribution is 9.10. The van der Waals surface area contributed by atoms with Gasteiger partial charge in [-0.15, -0.1) is 0 Å². The standard InChI is InChI=1S/C22H21BrFNO3S2/c1-13(2)11-25-21(26)19(30-22(25)29)10-14-8-16(23)20(18(9-14)27-3)28-12-15-6-4-5-7-17(15)24/h4-10,13H,11-12H2,1-3H3/b19-10-. The van der Waals surface area contributed by atoms with Crippen molar-refractivity contribution >= 4 is 56.2 Å². The molecule has 0 radical (unpaired) electrons. The first-order chi connectivity index (χ1) is 14.3. The molecule has 0 aliphatic carbocycles. The first-order valence-electron chi connectivity index (χ1n) is 9.29. The van der Waals surface area contributed by atoms with Crippen LogP contribution in [0.5, 0.6) is 11.5 Å². The molecule has 0 spiro atoms. The van der Waals surface area contributed by atoms with Gasteiger partial charge < -0.3 is 9.47 Å². The molecule has 0 N–H and O–H groups in total. The fraction of sp³-hybridized carbons (Fsp3) is 0.273. The number of rotatable bonds is 7. The maximum atomic E-state index is 13.9. The average molecular weight is 510 g/mol. The van der Waals surface area contributed by atoms with E-state index in [4.69, 9.17) is 21.7 Å². The number of thioether (sulfide) groups is 1. The van der Waals surface area contributed by atoms with Gasteiger partial charge in [-0.25, -0.2) is 4.39 Å². The predicted molar refractivity (Wildman–Crippen MR) is 126 cm³/mol. The van der Waals surface area contributed by atoms with Crippen LogP contribution in [0.2, 0.25) is 0 Å². The molecule has 30 heavy (non-hydrogen) atoms. The highest BCUT2D eigenvalue weighted by atomic mass is 79.9. The van der Waals surface area contributed by atoms with Crippen LogP contribution in [0.4, 0.5) is 4.39 Å². The van der Waals surface area contributed by atoms with Gasteiger partial charge in [-0.05, 0) is 51.7 Å². The number of carbonyl (C=O) groups excluding carboxylic acids is 1. The van der Waals surface area contributed by atoms with E-state index in [9.17, 15) is 9.18 Å². The van der Waals surface area contributed by atoms with Gasteiger partial charge in [0.1, 0.15) is 16.7 Å². The molecule has 1 saturated heterocycles. The third kappa shape index (κ3) is 5.22. The molecule has 3 rings (SSSR count). The van der Waals surface area contributed by atoms with Crippen molar-refractivity contribution < 1.29 is 18.7 Å². The zero-order valence-electron chi connectivity index (χ0n) is 16.8. The number of thiocarbonyl (C=S) groups is 1. The van der Waals surface area contributed by atoms with Gasteiger partial charge in [-0.2, -0.15) is 0 Å². The molecule has 1 amide bonds. The lowest BCUT2D eigenvalue weighted by Gasteiger charge is -2.16. The number of benzene rings is 2. The number of nitrogens with zero attached hydrogens (tertiary/aromatic N) is 1. The summed E-state index contributed by atoms with van der Waals surface area (Å²) in [7, 11) is 1.53. The summed E-state index contributed by atoms with van der Waals surface area (Å²) in [6.45, 7) is 4.75. The Labute approximate surface area is 193 Å². The van der Waals surface area contributed by atoms with E-state index in [0.29, 0.717) is 43.2 Å². The molecule has 2 aromatic carbocycles. The van der Waals surface area contributed by atoms with Crippen LogP contribution in [0.1, 0.15) is 25.0 Å². The monoisotopic (exact) mass is 509 g/mol. The topological polar surface area (TPSA) is 38.8 Å². The van der Waals surface area contributed by atoms with Gasteiger partial charge in [0.05, 0.1) is 16.5 Å². The minimum absolute atomic E-state index is 0.0643. The van der Waals surface area contributed by atoms with E-state index in [1.165, 1.54) is 24.9 Å². The summed E-state index contributed by atoms with van der Waals surface area (Å²) in [6, 6.07) is 10.1. The Morgan fingerprint density at radius 1 is 1.30 bits per heavy atom. The molecule has 0 bridgehead atoms. The quantitative estimate of drug-likeness (QED) is 0.336. The Kier molecular flexibility index (Phi) is 7.55. The zero-order chi connectivity index (χ0) is 21.8. The summed E-state index contributed by atoms with van der Waals surface area (Å²) in [4.78, 5) is 14.9. The summed E-state index contributed by atoms with van der Waals surface area (Å²) in [5.41, 5.74) is 1.21. The second-order valence-electron chi connectivity index (χ2n) is 7.10. The third-order valence-corrected chi connectivity index (χ3v) is 6.27. The van der Waals surface area contributed by atoms with E-state index in [0.717, 1.165) is 5.56 Å². The summed E-state index contributed by atoms with van der Waals surface area (Å²) in [6.07, 6.45) is 1.79. The Balaban J connectivity index is 1.83. The summed E-state index contributed by atoms with van der Waals surface area (Å²) in [5, 5.41) is 0. The predicted octanol–water partition coefficient (Wildman–Crippen LogP) is 6.03. The normalized spacial score (nSPS) is 15.4. The van der Waals surface area contributed by atoms with Gasteiger partial charge in [0.2, 0.25) is 0 Å². The number of ether oxygens (including phenoxy) is 2. The molecular weight excluding hydrogens is 489 g/mol. The van der Waals surface area contributed by atoms with Crippen LogP contribution >= 0.6 is 39.9 Å². The van der Waals surface area contributed by atoms with Gasteiger partial charge >= 0.3 is 0 Å². The fourth-order valence-electron chi connectivity index (χ4n) is 2.90. The lowest BCUT2D eigenvalue weighted by atomic mass is 10.1. The summed E-state index contributed by atoms with van der Waals surface area (Å²) < 4.78 is 26.4. The van der Waals surface area contributed by atoms with Crippen molar-refractivity contribution in [2.75, 3.05) is 13.7 Å². The van der Waals surface area contributed by atoms with Crippen LogP contribution in [0.3, 0.4) is 0 Å². The number of amides is 1. The van der Waals surface area contributed by atoms with Crippen LogP contribution in [-0.2, 0) is 11.4 Å². The second kappa shape index (κ2) is 9.94. The van der Waals surface area contributed by atoms with Gasteiger partial charge in [0.25, 0.3) is 5.91 Å². The minimum atomic E-state index is -0.326. The van der Waals surface area contributed by atoms with Crippen molar-refractivity contribution in [1.29, 1.82) is 0 Å². The van der Waals surface area contributed by atoms with Crippen LogP contribution in [0.25, 0.3) is 6.08 Å². The molecule has 1 aliphatic rings. The first kappa shape index (κ1) is 22.8. The highest BCUT2D eigenvalue weighted by Crippen LogP contribution is 2.39. The van der Waals surface area contributed by atoms with Crippen LogP contribution in [0, 0.1) is 11.7 Å². The molecule has 0 unspecified atom stereocenters. The molecule has 8 heteroatoms. The van der Waals surface area contributed by atoms with Crippen molar-refractivity contribution in [3.8, 4) is 11.5 Å². The van der Waals surface area contributed by atoms with Crippen molar-refractivity contribution in [2.24, 2.45) is 5.92 Å². The number of methoxy groups -OCH3 is 1. The molecule has 158 valence electrons. The van der Waals surface area contributed by atoms with Crippen molar-refractivity contribution in [3.05, 3.63) is 62.7 Å². The van der Waals surface area contributed by atoms with Crippen LogP contribution < -0.4 is 9.47 Å². The molecular formula is C22H21BrFNO3S2. The molecule has 2 aromatic rings. The zero-order valence-corrected chi connectivity index (χ0v) is 20.0. The van der Waals surface area contributed by atoms with Crippen molar-refractivity contribution in [2.45, 2.75) is 20.5 Å². The maximum Gasteiger partial charge on any atom is 0.266 e. The second-order valence-corrected chi connectivity index (χ2v) is 9.63. The van der Waals surface area contributed by atoms with Gasteiger partial charge in [-0.3, -0.25) is 9.69 Å². The van der Waals surface area contributed by atoms with Crippen molar-refractivity contribution in [3.63, 3.8) is 0 Å². The van der Waals surface area contributed by atoms with E-state index in [-0.39, 0.29) is 18.3 Å². The van der Waals surface area contributed by atoms with E-state index in [2.05, 4.69) is 15.9 Å². The third-order valence-electron chi connectivity index (χ3n) is 4.30. The van der Waals surface area contributed by atoms with E-state index in [1.54, 1.807) is 35.2 Å². The minimum Gasteiger partial charge on any atom is -0.493 e. The fourth-order valence-corrected chi connectivity index (χ4v) is 4.75. The first-order valence-corrected chi connectivity index (χ1v) is 11.3. The molecule has 1 aliphatic heterocycles. The Hall–Kier alpha value is -1.90. The molecule has 1 fully saturated rings. The molecule has 1 heterocycles. The lowest BCUT2D eigenvalue weighted by molar-refractivity contribution is -0.122. The van der Waals surface area contributed by atoms with Crippen LogP contribution in [0.15, 0.2) is 45.8 Å². The SMILES string of the molecule is COc1cc(/C=C2\SC(=S)N(CC(C)C)C2=O)cc(Br)c1OCc1ccccc1F. The van der Waals surface area contributed by atoms with Crippen LogP contribution in [-0.4, -0.2) is 28.8 Å². The molecule has 4 nitrogen and oxygen atoms in total. The van der Waals surface area contributed by atoms with E-state index in [1.807, 2.05) is 19.9 Å². The maximum absolute atomic E-state index is 13.9. The smallest absolute Gasteiger partial charge is 0.266 e.